The second-order valence-corrected chi connectivity index (χ2v) is 6.89. The van der Waals surface area contributed by atoms with Crippen LogP contribution in [0.1, 0.15) is 41.1 Å². The number of fused-ring (bicyclic) bond motifs is 1. The third kappa shape index (κ3) is 3.44. The highest BCUT2D eigenvalue weighted by Gasteiger charge is 2.36. The van der Waals surface area contributed by atoms with E-state index in [9.17, 15) is 18.0 Å². The topological polar surface area (TPSA) is 63.4 Å². The largest absolute Gasteiger partial charge is 0.433 e. The summed E-state index contributed by atoms with van der Waals surface area (Å²) in [6.45, 7) is 3.00. The minimum Gasteiger partial charge on any atom is -0.336 e. The number of rotatable bonds is 2. The molecule has 0 atom stereocenters. The number of halogens is 3. The Hall–Kier alpha value is -2.97. The molecule has 1 aromatic carbocycles. The molecule has 0 N–H and O–H groups in total. The summed E-state index contributed by atoms with van der Waals surface area (Å²) in [7, 11) is 0. The van der Waals surface area contributed by atoms with E-state index in [1.165, 1.54) is 0 Å². The summed E-state index contributed by atoms with van der Waals surface area (Å²) >= 11 is 0. The quantitative estimate of drug-likeness (QED) is 0.670. The number of benzene rings is 1. The van der Waals surface area contributed by atoms with Crippen molar-refractivity contribution in [3.05, 3.63) is 47.4 Å². The van der Waals surface area contributed by atoms with Gasteiger partial charge in [-0.1, -0.05) is 29.8 Å². The molecule has 146 valence electrons. The molecule has 1 aliphatic heterocycles. The summed E-state index contributed by atoms with van der Waals surface area (Å²) in [6.07, 6.45) is -1.91. The van der Waals surface area contributed by atoms with Gasteiger partial charge in [0.2, 0.25) is 5.82 Å². The second-order valence-electron chi connectivity index (χ2n) is 6.89. The molecule has 1 aliphatic rings. The molecule has 9 heteroatoms. The molecule has 28 heavy (non-hydrogen) atoms. The summed E-state index contributed by atoms with van der Waals surface area (Å²) in [5.74, 6) is -0.970. The maximum Gasteiger partial charge on any atom is 0.433 e. The van der Waals surface area contributed by atoms with E-state index in [1.807, 2.05) is 6.92 Å². The van der Waals surface area contributed by atoms with E-state index in [1.54, 1.807) is 29.2 Å². The standard InChI is InChI=1S/C19H18F3N5O/c1-12-5-7-13(8-6-12)14-11-15(19(20,21)22)27-18(23-14)24-16(25-27)17(28)26-9-3-2-4-10-26/h5-8,11H,2-4,9-10H2,1H3. The maximum atomic E-state index is 13.6. The molecule has 0 saturated carbocycles. The van der Waals surface area contributed by atoms with Gasteiger partial charge < -0.3 is 4.90 Å². The maximum absolute atomic E-state index is 13.6. The zero-order chi connectivity index (χ0) is 19.9. The monoisotopic (exact) mass is 389 g/mol. The van der Waals surface area contributed by atoms with Crippen molar-refractivity contribution in [2.75, 3.05) is 13.1 Å². The summed E-state index contributed by atoms with van der Waals surface area (Å²) < 4.78 is 41.5. The molecule has 0 radical (unpaired) electrons. The van der Waals surface area contributed by atoms with Gasteiger partial charge in [-0.3, -0.25) is 4.79 Å². The first-order valence-electron chi connectivity index (χ1n) is 9.04. The minimum atomic E-state index is -4.67. The van der Waals surface area contributed by atoms with Crippen molar-refractivity contribution in [1.29, 1.82) is 0 Å². The van der Waals surface area contributed by atoms with E-state index in [-0.39, 0.29) is 17.3 Å². The second kappa shape index (κ2) is 6.88. The van der Waals surface area contributed by atoms with Crippen molar-refractivity contribution in [1.82, 2.24) is 24.5 Å². The van der Waals surface area contributed by atoms with Gasteiger partial charge in [0.05, 0.1) is 5.69 Å². The summed E-state index contributed by atoms with van der Waals surface area (Å²) in [6, 6.07) is 7.92. The number of nitrogens with zero attached hydrogens (tertiary/aromatic N) is 5. The fourth-order valence-electron chi connectivity index (χ4n) is 3.27. The van der Waals surface area contributed by atoms with Crippen molar-refractivity contribution >= 4 is 11.7 Å². The van der Waals surface area contributed by atoms with Crippen molar-refractivity contribution in [2.45, 2.75) is 32.4 Å². The van der Waals surface area contributed by atoms with Crippen molar-refractivity contribution in [3.8, 4) is 11.3 Å². The lowest BCUT2D eigenvalue weighted by Gasteiger charge is -2.25. The number of hydrogen-bond acceptors (Lipinski definition) is 4. The Bertz CT molecular complexity index is 1020. The van der Waals surface area contributed by atoms with Crippen LogP contribution in [0.25, 0.3) is 17.0 Å². The zero-order valence-corrected chi connectivity index (χ0v) is 15.2. The Morgan fingerprint density at radius 1 is 1.04 bits per heavy atom. The van der Waals surface area contributed by atoms with Gasteiger partial charge in [0, 0.05) is 18.7 Å². The lowest BCUT2D eigenvalue weighted by atomic mass is 10.1. The minimum absolute atomic E-state index is 0.129. The number of hydrogen-bond donors (Lipinski definition) is 0. The van der Waals surface area contributed by atoms with Crippen LogP contribution in [-0.2, 0) is 6.18 Å². The Morgan fingerprint density at radius 3 is 2.36 bits per heavy atom. The molecular weight excluding hydrogens is 371 g/mol. The molecule has 3 aromatic rings. The Balaban J connectivity index is 1.82. The molecule has 6 nitrogen and oxygen atoms in total. The van der Waals surface area contributed by atoms with Crippen LogP contribution in [0.4, 0.5) is 13.2 Å². The number of carbonyl (C=O) groups excluding carboxylic acids is 1. The molecule has 0 bridgehead atoms. The van der Waals surface area contributed by atoms with Gasteiger partial charge in [0.15, 0.2) is 5.69 Å². The first-order valence-corrected chi connectivity index (χ1v) is 9.04. The number of aryl methyl sites for hydroxylation is 1. The fourth-order valence-corrected chi connectivity index (χ4v) is 3.27. The van der Waals surface area contributed by atoms with Gasteiger partial charge >= 0.3 is 6.18 Å². The van der Waals surface area contributed by atoms with Gasteiger partial charge in [0.25, 0.3) is 11.7 Å². The number of alkyl halides is 3. The van der Waals surface area contributed by atoms with E-state index in [0.717, 1.165) is 30.9 Å². The Labute approximate surface area is 159 Å². The molecule has 3 heterocycles. The highest BCUT2D eigenvalue weighted by atomic mass is 19.4. The third-order valence-corrected chi connectivity index (χ3v) is 4.78. The lowest BCUT2D eigenvalue weighted by molar-refractivity contribution is -0.142. The smallest absolute Gasteiger partial charge is 0.336 e. The molecule has 4 rings (SSSR count). The van der Waals surface area contributed by atoms with Crippen LogP contribution >= 0.6 is 0 Å². The van der Waals surface area contributed by atoms with Gasteiger partial charge in [-0.25, -0.2) is 4.98 Å². The highest BCUT2D eigenvalue weighted by molar-refractivity contribution is 5.91. The normalized spacial score (nSPS) is 15.2. The van der Waals surface area contributed by atoms with Crippen molar-refractivity contribution < 1.29 is 18.0 Å². The molecule has 1 amide bonds. The van der Waals surface area contributed by atoms with Crippen LogP contribution in [0.3, 0.4) is 0 Å². The molecule has 2 aromatic heterocycles. The van der Waals surface area contributed by atoms with Crippen LogP contribution in [0.5, 0.6) is 0 Å². The first-order chi connectivity index (χ1) is 13.3. The van der Waals surface area contributed by atoms with Gasteiger partial charge in [-0.05, 0) is 32.3 Å². The number of amides is 1. The summed E-state index contributed by atoms with van der Waals surface area (Å²) in [4.78, 5) is 22.4. The fraction of sp³-hybridized carbons (Fsp3) is 0.368. The molecule has 0 unspecified atom stereocenters. The van der Waals surface area contributed by atoms with Crippen LogP contribution in [-0.4, -0.2) is 43.5 Å². The van der Waals surface area contributed by atoms with E-state index < -0.39 is 17.8 Å². The Morgan fingerprint density at radius 2 is 1.71 bits per heavy atom. The van der Waals surface area contributed by atoms with Crippen LogP contribution in [0, 0.1) is 6.92 Å². The molecule has 1 fully saturated rings. The third-order valence-electron chi connectivity index (χ3n) is 4.78. The van der Waals surface area contributed by atoms with Gasteiger partial charge in [-0.2, -0.15) is 22.7 Å². The summed E-state index contributed by atoms with van der Waals surface area (Å²) in [5.41, 5.74) is 0.630. The average Bonchev–Trinajstić information content (AvgIpc) is 3.11. The first kappa shape index (κ1) is 18.4. The number of aromatic nitrogens is 4. The zero-order valence-electron chi connectivity index (χ0n) is 15.2. The van der Waals surface area contributed by atoms with Crippen LogP contribution < -0.4 is 0 Å². The number of piperidine rings is 1. The van der Waals surface area contributed by atoms with Crippen molar-refractivity contribution in [2.24, 2.45) is 0 Å². The predicted molar refractivity (Wildman–Crippen MR) is 95.7 cm³/mol. The predicted octanol–water partition coefficient (Wildman–Crippen LogP) is 3.74. The molecular formula is C19H18F3N5O. The average molecular weight is 389 g/mol. The number of likely N-dealkylation sites (tertiary alicyclic amines) is 1. The SMILES string of the molecule is Cc1ccc(-c2cc(C(F)(F)F)n3nc(C(=O)N4CCCCC4)nc3n2)cc1. The lowest BCUT2D eigenvalue weighted by Crippen LogP contribution is -2.36. The number of carbonyl (C=O) groups is 1. The van der Waals surface area contributed by atoms with E-state index in [2.05, 4.69) is 15.1 Å². The highest BCUT2D eigenvalue weighted by Crippen LogP contribution is 2.32. The summed E-state index contributed by atoms with van der Waals surface area (Å²) in [5, 5.41) is 3.83. The molecule has 1 saturated heterocycles. The van der Waals surface area contributed by atoms with Crippen molar-refractivity contribution in [3.63, 3.8) is 0 Å². The molecule has 0 aliphatic carbocycles. The van der Waals surface area contributed by atoms with E-state index in [4.69, 9.17) is 0 Å². The van der Waals surface area contributed by atoms with E-state index >= 15 is 0 Å². The van der Waals surface area contributed by atoms with Crippen LogP contribution in [0.2, 0.25) is 0 Å². The van der Waals surface area contributed by atoms with Gasteiger partial charge in [-0.15, -0.1) is 5.10 Å². The van der Waals surface area contributed by atoms with E-state index in [0.29, 0.717) is 23.2 Å². The van der Waals surface area contributed by atoms with Gasteiger partial charge in [0.1, 0.15) is 0 Å². The molecule has 0 spiro atoms. The van der Waals surface area contributed by atoms with Crippen LogP contribution in [0.15, 0.2) is 30.3 Å². The Kier molecular flexibility index (Phi) is 4.52.